The molecule has 0 saturated carbocycles. The van der Waals surface area contributed by atoms with E-state index in [4.69, 9.17) is 4.74 Å². The maximum absolute atomic E-state index is 11.9. The summed E-state index contributed by atoms with van der Waals surface area (Å²) in [5.41, 5.74) is 6.19. The zero-order valence-electron chi connectivity index (χ0n) is 16.7. The van der Waals surface area contributed by atoms with Crippen molar-refractivity contribution in [3.8, 4) is 5.75 Å². The second-order valence-corrected chi connectivity index (χ2v) is 8.75. The number of hydrogen-bond donors (Lipinski definition) is 1. The van der Waals surface area contributed by atoms with Crippen molar-refractivity contribution in [2.24, 2.45) is 5.10 Å². The van der Waals surface area contributed by atoms with Gasteiger partial charge in [0.25, 0.3) is 5.91 Å². The van der Waals surface area contributed by atoms with E-state index in [9.17, 15) is 4.79 Å². The van der Waals surface area contributed by atoms with Crippen LogP contribution in [-0.2, 0) is 4.79 Å². The van der Waals surface area contributed by atoms with Crippen molar-refractivity contribution in [2.75, 3.05) is 18.6 Å². The molecule has 0 bridgehead atoms. The molecule has 1 N–H and O–H groups in total. The Kier molecular flexibility index (Phi) is 6.08. The van der Waals surface area contributed by atoms with Crippen molar-refractivity contribution in [1.29, 1.82) is 0 Å². The Hall–Kier alpha value is -2.34. The van der Waals surface area contributed by atoms with Crippen molar-refractivity contribution in [1.82, 2.24) is 5.43 Å². The summed E-state index contributed by atoms with van der Waals surface area (Å²) in [6, 6.07) is 13.6. The molecule has 0 radical (unpaired) electrons. The maximum atomic E-state index is 11.9. The summed E-state index contributed by atoms with van der Waals surface area (Å²) in [6.45, 7) is 6.72. The lowest BCUT2D eigenvalue weighted by Crippen LogP contribution is -2.45. The van der Waals surface area contributed by atoms with E-state index in [0.717, 1.165) is 16.5 Å². The van der Waals surface area contributed by atoms with E-state index in [-0.39, 0.29) is 18.1 Å². The van der Waals surface area contributed by atoms with Crippen LogP contribution in [0.1, 0.15) is 44.2 Å². The highest BCUT2D eigenvalue weighted by atomic mass is 79.9. The van der Waals surface area contributed by atoms with Gasteiger partial charge in [0, 0.05) is 22.7 Å². The molecular weight excluding hydrogens is 418 g/mol. The first-order chi connectivity index (χ1) is 13.3. The van der Waals surface area contributed by atoms with E-state index in [1.807, 2.05) is 18.2 Å². The number of hydrazone groups is 1. The molecule has 0 fully saturated rings. The zero-order valence-corrected chi connectivity index (χ0v) is 18.3. The second kappa shape index (κ2) is 8.35. The van der Waals surface area contributed by atoms with Crippen molar-refractivity contribution in [3.63, 3.8) is 0 Å². The first-order valence-corrected chi connectivity index (χ1v) is 10.1. The lowest BCUT2D eigenvalue weighted by atomic mass is 9.80. The molecule has 1 aliphatic rings. The van der Waals surface area contributed by atoms with Crippen LogP contribution in [-0.4, -0.2) is 31.3 Å². The predicted octanol–water partition coefficient (Wildman–Crippen LogP) is 4.70. The Labute approximate surface area is 174 Å². The van der Waals surface area contributed by atoms with Crippen molar-refractivity contribution in [2.45, 2.75) is 38.6 Å². The summed E-state index contributed by atoms with van der Waals surface area (Å²) in [5, 5.41) is 4.06. The molecule has 5 nitrogen and oxygen atoms in total. The van der Waals surface area contributed by atoms with E-state index in [0.29, 0.717) is 11.7 Å². The highest BCUT2D eigenvalue weighted by Gasteiger charge is 2.33. The standard InChI is InChI=1S/C22H26BrN3O2/c1-15-12-22(2,3)26(4)20-10-5-16(11-19(15)20)13-24-25-21(27)14-28-18-8-6-17(23)7-9-18/h5-11,13,15H,12,14H2,1-4H3,(H,25,27)/b24-13+. The summed E-state index contributed by atoms with van der Waals surface area (Å²) >= 11 is 3.36. The van der Waals surface area contributed by atoms with Crippen molar-refractivity contribution >= 4 is 33.7 Å². The van der Waals surface area contributed by atoms with Gasteiger partial charge in [0.05, 0.1) is 6.21 Å². The number of nitrogens with one attached hydrogen (secondary N) is 1. The van der Waals surface area contributed by atoms with Crippen LogP contribution >= 0.6 is 15.9 Å². The van der Waals surface area contributed by atoms with Crippen molar-refractivity contribution in [3.05, 3.63) is 58.1 Å². The van der Waals surface area contributed by atoms with Crippen LogP contribution in [0.2, 0.25) is 0 Å². The van der Waals surface area contributed by atoms with Crippen LogP contribution < -0.4 is 15.1 Å². The predicted molar refractivity (Wildman–Crippen MR) is 117 cm³/mol. The molecule has 0 spiro atoms. The van der Waals surface area contributed by atoms with Crippen molar-refractivity contribution < 1.29 is 9.53 Å². The number of rotatable bonds is 5. The second-order valence-electron chi connectivity index (χ2n) is 7.83. The largest absolute Gasteiger partial charge is 0.484 e. The Morgan fingerprint density at radius 2 is 2.04 bits per heavy atom. The fraction of sp³-hybridized carbons (Fsp3) is 0.364. The van der Waals surface area contributed by atoms with Gasteiger partial charge in [0.1, 0.15) is 5.75 Å². The monoisotopic (exact) mass is 443 g/mol. The summed E-state index contributed by atoms with van der Waals surface area (Å²) in [7, 11) is 2.14. The van der Waals surface area contributed by atoms with E-state index < -0.39 is 0 Å². The van der Waals surface area contributed by atoms with Gasteiger partial charge in [-0.05, 0) is 73.7 Å². The number of carbonyl (C=O) groups excluding carboxylic acids is 1. The maximum Gasteiger partial charge on any atom is 0.277 e. The number of carbonyl (C=O) groups is 1. The van der Waals surface area contributed by atoms with Crippen LogP contribution in [0.5, 0.6) is 5.75 Å². The van der Waals surface area contributed by atoms with Gasteiger partial charge in [-0.15, -0.1) is 0 Å². The van der Waals surface area contributed by atoms with Gasteiger partial charge in [-0.2, -0.15) is 5.10 Å². The Bertz CT molecular complexity index is 878. The highest BCUT2D eigenvalue weighted by molar-refractivity contribution is 9.10. The first kappa shape index (κ1) is 20.4. The van der Waals surface area contributed by atoms with Crippen LogP contribution in [0.15, 0.2) is 52.0 Å². The Balaban J connectivity index is 1.58. The number of halogens is 1. The molecule has 0 aliphatic carbocycles. The minimum absolute atomic E-state index is 0.0833. The van der Waals surface area contributed by atoms with Crippen LogP contribution in [0.4, 0.5) is 5.69 Å². The summed E-state index contributed by atoms with van der Waals surface area (Å²) in [5.74, 6) is 0.813. The fourth-order valence-electron chi connectivity index (χ4n) is 3.57. The number of hydrogen-bond acceptors (Lipinski definition) is 4. The molecule has 2 aromatic rings. The first-order valence-electron chi connectivity index (χ1n) is 9.34. The zero-order chi connectivity index (χ0) is 20.3. The van der Waals surface area contributed by atoms with Crippen LogP contribution in [0, 0.1) is 0 Å². The van der Waals surface area contributed by atoms with E-state index in [1.165, 1.54) is 11.3 Å². The molecule has 1 heterocycles. The lowest BCUT2D eigenvalue weighted by Gasteiger charge is -2.45. The molecule has 6 heteroatoms. The minimum atomic E-state index is -0.299. The third-order valence-corrected chi connectivity index (χ3v) is 5.77. The molecular formula is C22H26BrN3O2. The molecule has 0 saturated heterocycles. The molecule has 1 atom stereocenters. The average molecular weight is 444 g/mol. The number of nitrogens with zero attached hydrogens (tertiary/aromatic N) is 2. The smallest absolute Gasteiger partial charge is 0.277 e. The van der Waals surface area contributed by atoms with Crippen LogP contribution in [0.3, 0.4) is 0 Å². The Morgan fingerprint density at radius 3 is 2.75 bits per heavy atom. The van der Waals surface area contributed by atoms with Crippen LogP contribution in [0.25, 0.3) is 0 Å². The van der Waals surface area contributed by atoms with E-state index in [2.05, 4.69) is 71.3 Å². The SMILES string of the molecule is CC1CC(C)(C)N(C)c2ccc(/C=N/NC(=O)COc3ccc(Br)cc3)cc21. The van der Waals surface area contributed by atoms with E-state index in [1.54, 1.807) is 18.3 Å². The number of anilines is 1. The number of ether oxygens (including phenoxy) is 1. The van der Waals surface area contributed by atoms with E-state index >= 15 is 0 Å². The van der Waals surface area contributed by atoms with Gasteiger partial charge >= 0.3 is 0 Å². The van der Waals surface area contributed by atoms with Gasteiger partial charge in [-0.1, -0.05) is 28.9 Å². The molecule has 0 aromatic heterocycles. The molecule has 28 heavy (non-hydrogen) atoms. The molecule has 148 valence electrons. The number of benzene rings is 2. The topological polar surface area (TPSA) is 53.9 Å². The summed E-state index contributed by atoms with van der Waals surface area (Å²) < 4.78 is 6.39. The number of fused-ring (bicyclic) bond motifs is 1. The van der Waals surface area contributed by atoms with Gasteiger partial charge in [0.2, 0.25) is 0 Å². The highest BCUT2D eigenvalue weighted by Crippen LogP contribution is 2.42. The summed E-state index contributed by atoms with van der Waals surface area (Å²) in [6.07, 6.45) is 2.77. The normalized spacial score (nSPS) is 18.0. The number of amides is 1. The minimum Gasteiger partial charge on any atom is -0.484 e. The Morgan fingerprint density at radius 1 is 1.32 bits per heavy atom. The fourth-order valence-corrected chi connectivity index (χ4v) is 3.83. The van der Waals surface area contributed by atoms with Gasteiger partial charge in [0.15, 0.2) is 6.61 Å². The third-order valence-electron chi connectivity index (χ3n) is 5.24. The molecule has 1 unspecified atom stereocenters. The molecule has 1 aliphatic heterocycles. The summed E-state index contributed by atoms with van der Waals surface area (Å²) in [4.78, 5) is 14.2. The quantitative estimate of drug-likeness (QED) is 0.537. The molecule has 1 amide bonds. The lowest BCUT2D eigenvalue weighted by molar-refractivity contribution is -0.123. The average Bonchev–Trinajstić information content (AvgIpc) is 2.65. The van der Waals surface area contributed by atoms with Gasteiger partial charge in [-0.3, -0.25) is 4.79 Å². The molecule has 2 aromatic carbocycles. The molecule has 3 rings (SSSR count). The van der Waals surface area contributed by atoms with Gasteiger partial charge < -0.3 is 9.64 Å². The third kappa shape index (κ3) is 4.73. The van der Waals surface area contributed by atoms with Gasteiger partial charge in [-0.25, -0.2) is 5.43 Å².